The summed E-state index contributed by atoms with van der Waals surface area (Å²) in [5, 5.41) is 0. The van der Waals surface area contributed by atoms with Gasteiger partial charge < -0.3 is 18.9 Å². The van der Waals surface area contributed by atoms with Crippen LogP contribution >= 0.6 is 0 Å². The molecule has 0 radical (unpaired) electrons. The van der Waals surface area contributed by atoms with Gasteiger partial charge in [0.15, 0.2) is 0 Å². The summed E-state index contributed by atoms with van der Waals surface area (Å²) in [7, 11) is 0. The molecule has 9 heteroatoms. The van der Waals surface area contributed by atoms with Crippen molar-refractivity contribution >= 4 is 48.6 Å². The molecular weight excluding hydrogens is 531 g/mol. The summed E-state index contributed by atoms with van der Waals surface area (Å²) in [5.41, 5.74) is 2.60. The third kappa shape index (κ3) is 9.60. The van der Waals surface area contributed by atoms with Crippen LogP contribution < -0.4 is 9.47 Å². The summed E-state index contributed by atoms with van der Waals surface area (Å²) in [4.78, 5) is 45.9. The Balaban J connectivity index is 1.56. The van der Waals surface area contributed by atoms with Crippen molar-refractivity contribution in [2.45, 2.75) is 13.8 Å². The van der Waals surface area contributed by atoms with E-state index in [2.05, 4.69) is 22.6 Å². The standard InChI is InChI=1S/C32H25FO8/c1-20(2)29(34)40-31(36)38-26-15-9-22(10-16-26)5-6-24-8-14-25(28(33)19-24)13-7-23-11-17-27(18-12-23)39-32(37)41-30(35)21(3)4/h5-19H,1,3H2,2,4H3. The van der Waals surface area contributed by atoms with Crippen LogP contribution in [0.5, 0.6) is 11.5 Å². The Kier molecular flexibility index (Phi) is 10.2. The van der Waals surface area contributed by atoms with Crippen molar-refractivity contribution in [3.63, 3.8) is 0 Å². The average Bonchev–Trinajstić information content (AvgIpc) is 2.92. The molecule has 0 bridgehead atoms. The fraction of sp³-hybridized carbons (Fsp3) is 0.0625. The molecule has 3 rings (SSSR count). The Labute approximate surface area is 235 Å². The predicted molar refractivity (Wildman–Crippen MR) is 151 cm³/mol. The zero-order chi connectivity index (χ0) is 29.9. The van der Waals surface area contributed by atoms with Gasteiger partial charge in [0.2, 0.25) is 0 Å². The fourth-order valence-corrected chi connectivity index (χ4v) is 3.01. The van der Waals surface area contributed by atoms with Crippen molar-refractivity contribution in [1.82, 2.24) is 0 Å². The first-order valence-corrected chi connectivity index (χ1v) is 12.0. The summed E-state index contributed by atoms with van der Waals surface area (Å²) in [5.74, 6) is -1.83. The number of carbonyl (C=O) groups excluding carboxylic acids is 4. The smallest absolute Gasteiger partial charge is 0.395 e. The second-order valence-corrected chi connectivity index (χ2v) is 8.63. The van der Waals surface area contributed by atoms with Crippen molar-refractivity contribution < 1.29 is 42.5 Å². The first-order valence-electron chi connectivity index (χ1n) is 12.0. The predicted octanol–water partition coefficient (Wildman–Crippen LogP) is 7.40. The van der Waals surface area contributed by atoms with Crippen LogP contribution in [0.15, 0.2) is 91.0 Å². The molecule has 0 aliphatic heterocycles. The molecule has 0 spiro atoms. The Hall–Kier alpha value is -5.57. The minimum atomic E-state index is -1.17. The van der Waals surface area contributed by atoms with Crippen LogP contribution in [-0.4, -0.2) is 24.2 Å². The van der Waals surface area contributed by atoms with E-state index in [1.54, 1.807) is 60.7 Å². The van der Waals surface area contributed by atoms with Crippen LogP contribution in [0.4, 0.5) is 14.0 Å². The van der Waals surface area contributed by atoms with Crippen molar-refractivity contribution in [2.75, 3.05) is 0 Å². The number of hydrogen-bond donors (Lipinski definition) is 0. The van der Waals surface area contributed by atoms with Gasteiger partial charge in [0.05, 0.1) is 0 Å². The molecule has 0 aliphatic carbocycles. The Morgan fingerprint density at radius 2 is 1.00 bits per heavy atom. The average molecular weight is 557 g/mol. The van der Waals surface area contributed by atoms with Crippen LogP contribution in [0, 0.1) is 5.82 Å². The van der Waals surface area contributed by atoms with Gasteiger partial charge in [-0.25, -0.2) is 23.6 Å². The third-order valence-electron chi connectivity index (χ3n) is 5.16. The first kappa shape index (κ1) is 30.0. The van der Waals surface area contributed by atoms with E-state index in [4.69, 9.17) is 9.47 Å². The molecule has 8 nitrogen and oxygen atoms in total. The van der Waals surface area contributed by atoms with Gasteiger partial charge in [0.1, 0.15) is 17.3 Å². The van der Waals surface area contributed by atoms with Crippen LogP contribution in [0.3, 0.4) is 0 Å². The molecule has 208 valence electrons. The molecule has 3 aromatic rings. The number of rotatable bonds is 8. The topological polar surface area (TPSA) is 105 Å². The van der Waals surface area contributed by atoms with Gasteiger partial charge in [-0.15, -0.1) is 0 Å². The van der Waals surface area contributed by atoms with Gasteiger partial charge in [0.25, 0.3) is 0 Å². The fourth-order valence-electron chi connectivity index (χ4n) is 3.01. The largest absolute Gasteiger partial charge is 0.521 e. The van der Waals surface area contributed by atoms with Crippen LogP contribution in [-0.2, 0) is 19.1 Å². The lowest BCUT2D eigenvalue weighted by Crippen LogP contribution is -2.16. The summed E-state index contributed by atoms with van der Waals surface area (Å²) in [6.07, 6.45) is 4.44. The summed E-state index contributed by atoms with van der Waals surface area (Å²) in [6.45, 7) is 9.58. The molecular formula is C32H25FO8. The molecule has 0 fully saturated rings. The van der Waals surface area contributed by atoms with Gasteiger partial charge >= 0.3 is 24.2 Å². The van der Waals surface area contributed by atoms with Gasteiger partial charge in [-0.2, -0.15) is 0 Å². The maximum absolute atomic E-state index is 14.7. The highest BCUT2D eigenvalue weighted by Gasteiger charge is 2.14. The van der Waals surface area contributed by atoms with Crippen molar-refractivity contribution in [3.05, 3.63) is 119 Å². The van der Waals surface area contributed by atoms with E-state index in [1.165, 1.54) is 44.2 Å². The van der Waals surface area contributed by atoms with E-state index < -0.39 is 30.1 Å². The minimum Gasteiger partial charge on any atom is -0.395 e. The van der Waals surface area contributed by atoms with Crippen LogP contribution in [0.1, 0.15) is 36.1 Å². The highest BCUT2D eigenvalue weighted by atomic mass is 19.1. The van der Waals surface area contributed by atoms with E-state index in [-0.39, 0.29) is 22.6 Å². The maximum atomic E-state index is 14.7. The van der Waals surface area contributed by atoms with E-state index in [0.29, 0.717) is 11.1 Å². The molecule has 0 aromatic heterocycles. The molecule has 0 heterocycles. The summed E-state index contributed by atoms with van der Waals surface area (Å²) < 4.78 is 33.5. The lowest BCUT2D eigenvalue weighted by molar-refractivity contribution is -0.135. The van der Waals surface area contributed by atoms with Crippen LogP contribution in [0.2, 0.25) is 0 Å². The molecule has 0 unspecified atom stereocenters. The van der Waals surface area contributed by atoms with Crippen molar-refractivity contribution in [1.29, 1.82) is 0 Å². The number of esters is 2. The third-order valence-corrected chi connectivity index (χ3v) is 5.16. The van der Waals surface area contributed by atoms with Crippen LogP contribution in [0.25, 0.3) is 24.3 Å². The quantitative estimate of drug-likeness (QED) is 0.0929. The Bertz CT molecular complexity index is 1550. The number of benzene rings is 3. The zero-order valence-electron chi connectivity index (χ0n) is 22.2. The highest BCUT2D eigenvalue weighted by Crippen LogP contribution is 2.19. The minimum absolute atomic E-state index is 0.0669. The Morgan fingerprint density at radius 1 is 0.610 bits per heavy atom. The number of carbonyl (C=O) groups is 4. The van der Waals surface area contributed by atoms with E-state index in [1.807, 2.05) is 0 Å². The highest BCUT2D eigenvalue weighted by molar-refractivity contribution is 5.94. The van der Waals surface area contributed by atoms with Crippen molar-refractivity contribution in [2.24, 2.45) is 0 Å². The molecule has 0 amide bonds. The monoisotopic (exact) mass is 556 g/mol. The normalized spacial score (nSPS) is 10.7. The number of ether oxygens (including phenoxy) is 4. The lowest BCUT2D eigenvalue weighted by Gasteiger charge is -2.05. The first-order chi connectivity index (χ1) is 19.5. The Morgan fingerprint density at radius 3 is 1.41 bits per heavy atom. The van der Waals surface area contributed by atoms with E-state index in [9.17, 15) is 23.6 Å². The zero-order valence-corrected chi connectivity index (χ0v) is 22.2. The SMILES string of the molecule is C=C(C)C(=O)OC(=O)Oc1ccc(C=Cc2ccc(C=Cc3ccc(OC(=O)OC(=O)C(=C)C)cc3)c(F)c2)cc1. The number of halogens is 1. The number of hydrogen-bond acceptors (Lipinski definition) is 8. The van der Waals surface area contributed by atoms with E-state index >= 15 is 0 Å². The molecule has 0 atom stereocenters. The molecule has 0 saturated carbocycles. The maximum Gasteiger partial charge on any atom is 0.521 e. The second-order valence-electron chi connectivity index (χ2n) is 8.63. The summed E-state index contributed by atoms with van der Waals surface area (Å²) >= 11 is 0. The van der Waals surface area contributed by atoms with Crippen molar-refractivity contribution in [3.8, 4) is 11.5 Å². The van der Waals surface area contributed by atoms with E-state index in [0.717, 1.165) is 11.1 Å². The lowest BCUT2D eigenvalue weighted by atomic mass is 10.1. The molecule has 41 heavy (non-hydrogen) atoms. The molecule has 3 aromatic carbocycles. The second kappa shape index (κ2) is 14.0. The van der Waals surface area contributed by atoms with Gasteiger partial charge in [-0.05, 0) is 60.9 Å². The molecule has 0 aliphatic rings. The van der Waals surface area contributed by atoms with Gasteiger partial charge in [-0.3, -0.25) is 0 Å². The van der Waals surface area contributed by atoms with Gasteiger partial charge in [0, 0.05) is 16.7 Å². The van der Waals surface area contributed by atoms with Gasteiger partial charge in [-0.1, -0.05) is 73.9 Å². The molecule has 0 saturated heterocycles. The molecule has 0 N–H and O–H groups in total. The summed E-state index contributed by atoms with van der Waals surface area (Å²) in [6, 6.07) is 17.5.